The highest BCUT2D eigenvalue weighted by Gasteiger charge is 2.58. The molecular formula is C13H17F2O6S-. The van der Waals surface area contributed by atoms with Gasteiger partial charge in [0, 0.05) is 5.41 Å². The van der Waals surface area contributed by atoms with Crippen molar-refractivity contribution in [2.75, 3.05) is 6.61 Å². The molecule has 4 saturated carbocycles. The second-order valence-corrected chi connectivity index (χ2v) is 8.65. The van der Waals surface area contributed by atoms with Crippen LogP contribution in [0.25, 0.3) is 0 Å². The molecule has 0 aliphatic heterocycles. The number of hydrogen-bond donors (Lipinski definition) is 1. The van der Waals surface area contributed by atoms with E-state index in [2.05, 4.69) is 4.74 Å². The summed E-state index contributed by atoms with van der Waals surface area (Å²) in [5, 5.41) is 5.41. The van der Waals surface area contributed by atoms with E-state index in [1.54, 1.807) is 0 Å². The molecule has 0 amide bonds. The number of aliphatic hydroxyl groups is 1. The molecule has 4 aliphatic rings. The van der Waals surface area contributed by atoms with Crippen molar-refractivity contribution in [3.05, 3.63) is 0 Å². The monoisotopic (exact) mass is 339 g/mol. The van der Waals surface area contributed by atoms with Crippen LogP contribution in [-0.2, 0) is 19.6 Å². The first kappa shape index (κ1) is 16.1. The third-order valence-electron chi connectivity index (χ3n) is 5.21. The van der Waals surface area contributed by atoms with E-state index in [0.717, 1.165) is 6.42 Å². The van der Waals surface area contributed by atoms with Crippen molar-refractivity contribution in [1.82, 2.24) is 0 Å². The maximum atomic E-state index is 13.1. The van der Waals surface area contributed by atoms with E-state index in [4.69, 9.17) is 0 Å². The van der Waals surface area contributed by atoms with Gasteiger partial charge in [-0.25, -0.2) is 13.2 Å². The van der Waals surface area contributed by atoms with Crippen molar-refractivity contribution < 1.29 is 36.4 Å². The fourth-order valence-electron chi connectivity index (χ4n) is 4.98. The van der Waals surface area contributed by atoms with Gasteiger partial charge in [-0.1, -0.05) is 0 Å². The number of alkyl halides is 2. The first-order valence-electron chi connectivity index (χ1n) is 7.18. The number of hydrogen-bond acceptors (Lipinski definition) is 6. The van der Waals surface area contributed by atoms with Gasteiger partial charge in [0.15, 0.2) is 10.1 Å². The summed E-state index contributed by atoms with van der Waals surface area (Å²) in [5.41, 5.74) is -1.43. The van der Waals surface area contributed by atoms with Crippen LogP contribution in [0.5, 0.6) is 0 Å². The van der Waals surface area contributed by atoms with Crippen molar-refractivity contribution in [3.8, 4) is 0 Å². The number of carbonyl (C=O) groups is 1. The molecule has 126 valence electrons. The molecule has 4 fully saturated rings. The fraction of sp³-hybridized carbons (Fsp3) is 0.923. The average Bonchev–Trinajstić information content (AvgIpc) is 2.31. The highest BCUT2D eigenvalue weighted by atomic mass is 32.2. The van der Waals surface area contributed by atoms with Crippen LogP contribution in [-0.4, -0.2) is 41.5 Å². The molecule has 2 unspecified atom stereocenters. The van der Waals surface area contributed by atoms with Crippen molar-refractivity contribution >= 4 is 16.1 Å². The Labute approximate surface area is 126 Å². The quantitative estimate of drug-likeness (QED) is 0.605. The van der Waals surface area contributed by atoms with Crippen LogP contribution in [0.4, 0.5) is 8.78 Å². The summed E-state index contributed by atoms with van der Waals surface area (Å²) in [5.74, 6) is -1.78. The Morgan fingerprint density at radius 3 is 2.27 bits per heavy atom. The van der Waals surface area contributed by atoms with Gasteiger partial charge in [-0.2, -0.15) is 8.78 Å². The summed E-state index contributed by atoms with van der Waals surface area (Å²) >= 11 is 0. The maximum absolute atomic E-state index is 13.1. The van der Waals surface area contributed by atoms with Gasteiger partial charge in [-0.15, -0.1) is 0 Å². The zero-order valence-electron chi connectivity index (χ0n) is 11.8. The molecule has 4 aliphatic carbocycles. The molecule has 6 nitrogen and oxygen atoms in total. The summed E-state index contributed by atoms with van der Waals surface area (Å²) in [6.45, 7) is -0.383. The lowest BCUT2D eigenvalue weighted by atomic mass is 9.48. The zero-order valence-corrected chi connectivity index (χ0v) is 12.6. The molecule has 0 saturated heterocycles. The van der Waals surface area contributed by atoms with Crippen LogP contribution >= 0.6 is 0 Å². The fourth-order valence-corrected chi connectivity index (χ4v) is 5.24. The molecule has 0 aromatic rings. The lowest BCUT2D eigenvalue weighted by molar-refractivity contribution is -0.193. The van der Waals surface area contributed by atoms with Crippen molar-refractivity contribution in [1.29, 1.82) is 0 Å². The standard InChI is InChI=1S/C13H18F2O6S/c14-13(15,22(18,19)20)10(16)21-7-11-2-8-1-9(3-11)5-12(17,4-8)6-11/h8-9,17H,1-7H2,(H,18,19,20)/p-1. The Morgan fingerprint density at radius 2 is 1.82 bits per heavy atom. The van der Waals surface area contributed by atoms with Crippen LogP contribution in [0.3, 0.4) is 0 Å². The molecule has 0 radical (unpaired) electrons. The van der Waals surface area contributed by atoms with Gasteiger partial charge in [-0.05, 0) is 50.4 Å². The smallest absolute Gasteiger partial charge is 0.428 e. The largest absolute Gasteiger partial charge is 0.743 e. The van der Waals surface area contributed by atoms with Gasteiger partial charge < -0.3 is 14.4 Å². The van der Waals surface area contributed by atoms with E-state index in [-0.39, 0.29) is 18.4 Å². The highest BCUT2D eigenvalue weighted by Crippen LogP contribution is 2.61. The SMILES string of the molecule is O=C(OCC12CC3CC(CC(O)(C3)C1)C2)C(F)(F)S(=O)(=O)[O-]. The Balaban J connectivity index is 1.71. The van der Waals surface area contributed by atoms with E-state index in [9.17, 15) is 31.7 Å². The maximum Gasteiger partial charge on any atom is 0.428 e. The van der Waals surface area contributed by atoms with Crippen LogP contribution in [0.1, 0.15) is 38.5 Å². The molecule has 0 aromatic heterocycles. The predicted molar refractivity (Wildman–Crippen MR) is 67.7 cm³/mol. The highest BCUT2D eigenvalue weighted by molar-refractivity contribution is 7.87. The van der Waals surface area contributed by atoms with Gasteiger partial charge in [0.05, 0.1) is 12.2 Å². The van der Waals surface area contributed by atoms with E-state index in [1.807, 2.05) is 0 Å². The van der Waals surface area contributed by atoms with Gasteiger partial charge in [0.1, 0.15) is 0 Å². The summed E-state index contributed by atoms with van der Waals surface area (Å²) in [6.07, 6.45) is 4.00. The minimum Gasteiger partial charge on any atom is -0.743 e. The Morgan fingerprint density at radius 1 is 1.27 bits per heavy atom. The molecule has 2 atom stereocenters. The van der Waals surface area contributed by atoms with Gasteiger partial charge in [-0.3, -0.25) is 0 Å². The summed E-state index contributed by atoms with van der Waals surface area (Å²) in [7, 11) is -6.10. The minimum atomic E-state index is -6.10. The summed E-state index contributed by atoms with van der Waals surface area (Å²) in [4.78, 5) is 11.3. The van der Waals surface area contributed by atoms with Crippen LogP contribution in [0.2, 0.25) is 0 Å². The van der Waals surface area contributed by atoms with Crippen LogP contribution in [0.15, 0.2) is 0 Å². The molecule has 0 aromatic carbocycles. The van der Waals surface area contributed by atoms with E-state index >= 15 is 0 Å². The van der Waals surface area contributed by atoms with Gasteiger partial charge in [0.25, 0.3) is 0 Å². The molecule has 9 heteroatoms. The Hall–Kier alpha value is -0.800. The Bertz CT molecular complexity index is 588. The average molecular weight is 339 g/mol. The molecule has 4 bridgehead atoms. The number of carbonyl (C=O) groups excluding carboxylic acids is 1. The molecule has 1 N–H and O–H groups in total. The molecule has 22 heavy (non-hydrogen) atoms. The van der Waals surface area contributed by atoms with E-state index < -0.39 is 32.4 Å². The topological polar surface area (TPSA) is 104 Å². The second kappa shape index (κ2) is 4.61. The first-order chi connectivity index (χ1) is 9.95. The lowest BCUT2D eigenvalue weighted by Gasteiger charge is -2.59. The van der Waals surface area contributed by atoms with Crippen LogP contribution in [0, 0.1) is 17.3 Å². The zero-order chi connectivity index (χ0) is 16.4. The number of esters is 1. The third-order valence-corrected chi connectivity index (χ3v) is 6.01. The Kier molecular flexibility index (Phi) is 3.37. The number of rotatable bonds is 4. The molecule has 0 spiro atoms. The second-order valence-electron chi connectivity index (χ2n) is 7.23. The molecule has 0 heterocycles. The van der Waals surface area contributed by atoms with Crippen LogP contribution < -0.4 is 0 Å². The van der Waals surface area contributed by atoms with Crippen molar-refractivity contribution in [3.63, 3.8) is 0 Å². The van der Waals surface area contributed by atoms with Crippen molar-refractivity contribution in [2.45, 2.75) is 49.4 Å². The minimum absolute atomic E-state index is 0.272. The molecular weight excluding hydrogens is 322 g/mol. The normalized spacial score (nSPS) is 40.7. The summed E-state index contributed by atoms with van der Waals surface area (Å²) < 4.78 is 62.0. The van der Waals surface area contributed by atoms with Gasteiger partial charge in [0.2, 0.25) is 0 Å². The van der Waals surface area contributed by atoms with E-state index in [0.29, 0.717) is 32.1 Å². The predicted octanol–water partition coefficient (Wildman–Crippen LogP) is 0.999. The van der Waals surface area contributed by atoms with Gasteiger partial charge >= 0.3 is 11.2 Å². The van der Waals surface area contributed by atoms with E-state index in [1.165, 1.54) is 0 Å². The number of ether oxygens (including phenoxy) is 1. The third kappa shape index (κ3) is 2.52. The first-order valence-corrected chi connectivity index (χ1v) is 8.59. The number of halogens is 2. The molecule has 4 rings (SSSR count). The lowest BCUT2D eigenvalue weighted by Crippen LogP contribution is -2.57. The van der Waals surface area contributed by atoms with Crippen molar-refractivity contribution in [2.24, 2.45) is 17.3 Å². The summed E-state index contributed by atoms with van der Waals surface area (Å²) in [6, 6.07) is 0.